The number of benzene rings is 1. The monoisotopic (exact) mass is 308 g/mol. The predicted molar refractivity (Wildman–Crippen MR) is 64.3 cm³/mol. The third-order valence-corrected chi connectivity index (χ3v) is 5.08. The molecule has 0 atom stereocenters. The average molecular weight is 309 g/mol. The largest absolute Gasteiger partial charge is 0.142 e. The van der Waals surface area contributed by atoms with Crippen LogP contribution in [0.4, 0.5) is 0 Å². The topological polar surface area (TPSA) is 0 Å². The van der Waals surface area contributed by atoms with Crippen LogP contribution >= 0.6 is 45.5 Å². The van der Waals surface area contributed by atoms with Gasteiger partial charge in [-0.05, 0) is 51.9 Å². The van der Waals surface area contributed by atoms with Crippen LogP contribution in [-0.2, 0) is 0 Å². The minimum absolute atomic E-state index is 0.852. The molecule has 0 N–H and O–H groups in total. The highest BCUT2D eigenvalue weighted by Gasteiger charge is 2.06. The van der Waals surface area contributed by atoms with Gasteiger partial charge in [0, 0.05) is 8.27 Å². The second-order valence-corrected chi connectivity index (χ2v) is 5.02. The van der Waals surface area contributed by atoms with Crippen LogP contribution in [0.3, 0.4) is 0 Å². The van der Waals surface area contributed by atoms with Gasteiger partial charge in [0.2, 0.25) is 0 Å². The fourth-order valence-electron chi connectivity index (χ4n) is 1.17. The van der Waals surface area contributed by atoms with Crippen molar-refractivity contribution in [2.45, 2.75) is 6.92 Å². The molecule has 0 fully saturated rings. The molecule has 0 aliphatic heterocycles. The second-order valence-electron chi connectivity index (χ2n) is 2.66. The molecule has 2 rings (SSSR count). The van der Waals surface area contributed by atoms with Crippen LogP contribution in [0.15, 0.2) is 17.5 Å². The summed E-state index contributed by atoms with van der Waals surface area (Å²) in [7, 11) is 0. The lowest BCUT2D eigenvalue weighted by atomic mass is 10.2. The molecule has 0 bridgehead atoms. The summed E-state index contributed by atoms with van der Waals surface area (Å²) < 4.78 is 2.48. The van der Waals surface area contributed by atoms with Crippen LogP contribution in [0, 0.1) is 10.5 Å². The molecule has 1 aromatic carbocycles. The molecule has 0 nitrogen and oxygen atoms in total. The highest BCUT2D eigenvalue weighted by molar-refractivity contribution is 14.1. The lowest BCUT2D eigenvalue weighted by Crippen LogP contribution is -1.74. The van der Waals surface area contributed by atoms with Gasteiger partial charge in [0.05, 0.1) is 5.02 Å². The number of hydrogen-bond donors (Lipinski definition) is 0. The first-order chi connectivity index (χ1) is 5.70. The highest BCUT2D eigenvalue weighted by Crippen LogP contribution is 2.33. The van der Waals surface area contributed by atoms with Crippen LogP contribution in [-0.4, -0.2) is 0 Å². The molecule has 0 aliphatic rings. The molecule has 0 saturated heterocycles. The lowest BCUT2D eigenvalue weighted by molar-refractivity contribution is 1.59. The van der Waals surface area contributed by atoms with Gasteiger partial charge >= 0.3 is 0 Å². The first kappa shape index (κ1) is 8.78. The zero-order chi connectivity index (χ0) is 8.72. The van der Waals surface area contributed by atoms with Crippen molar-refractivity contribution in [2.75, 3.05) is 0 Å². The van der Waals surface area contributed by atoms with Crippen molar-refractivity contribution in [3.8, 4) is 0 Å². The van der Waals surface area contributed by atoms with Gasteiger partial charge in [-0.3, -0.25) is 0 Å². The molecule has 0 amide bonds. The van der Waals surface area contributed by atoms with Crippen molar-refractivity contribution in [1.82, 2.24) is 0 Å². The van der Waals surface area contributed by atoms with Gasteiger partial charge in [-0.1, -0.05) is 17.7 Å². The fraction of sp³-hybridized carbons (Fsp3) is 0.111. The van der Waals surface area contributed by atoms with Gasteiger partial charge in [0.25, 0.3) is 0 Å². The molecule has 12 heavy (non-hydrogen) atoms. The molecule has 0 aliphatic carbocycles. The van der Waals surface area contributed by atoms with Crippen LogP contribution in [0.25, 0.3) is 10.1 Å². The zero-order valence-electron chi connectivity index (χ0n) is 6.40. The molecule has 0 saturated carbocycles. The summed E-state index contributed by atoms with van der Waals surface area (Å²) >= 11 is 10.1. The van der Waals surface area contributed by atoms with E-state index in [1.54, 1.807) is 11.3 Å². The number of fused-ring (bicyclic) bond motifs is 1. The molecule has 0 unspecified atom stereocenters. The van der Waals surface area contributed by atoms with Crippen molar-refractivity contribution in [2.24, 2.45) is 0 Å². The van der Waals surface area contributed by atoms with E-state index < -0.39 is 0 Å². The number of aryl methyl sites for hydroxylation is 1. The van der Waals surface area contributed by atoms with E-state index in [1.807, 2.05) is 6.07 Å². The van der Waals surface area contributed by atoms with Gasteiger partial charge in [0.15, 0.2) is 0 Å². The number of hydrogen-bond acceptors (Lipinski definition) is 1. The van der Waals surface area contributed by atoms with E-state index in [2.05, 4.69) is 41.0 Å². The highest BCUT2D eigenvalue weighted by atomic mass is 127. The third-order valence-electron chi connectivity index (χ3n) is 1.83. The lowest BCUT2D eigenvalue weighted by Gasteiger charge is -1.97. The molecule has 2 aromatic rings. The summed E-state index contributed by atoms with van der Waals surface area (Å²) in [5.74, 6) is 0. The quantitative estimate of drug-likeness (QED) is 0.630. The Morgan fingerprint density at radius 3 is 2.92 bits per heavy atom. The summed E-state index contributed by atoms with van der Waals surface area (Å²) in [6.45, 7) is 2.13. The maximum atomic E-state index is 6.00. The smallest absolute Gasteiger partial charge is 0.0554 e. The van der Waals surface area contributed by atoms with E-state index >= 15 is 0 Å². The van der Waals surface area contributed by atoms with E-state index in [0.29, 0.717) is 0 Å². The molecule has 1 aromatic heterocycles. The third kappa shape index (κ3) is 1.26. The number of halogens is 2. The first-order valence-electron chi connectivity index (χ1n) is 3.52. The van der Waals surface area contributed by atoms with E-state index in [1.165, 1.54) is 19.2 Å². The molecule has 3 heteroatoms. The predicted octanol–water partition coefficient (Wildman–Crippen LogP) is 4.47. The van der Waals surface area contributed by atoms with E-state index in [0.717, 1.165) is 5.02 Å². The van der Waals surface area contributed by atoms with Crippen LogP contribution in [0.2, 0.25) is 5.02 Å². The standard InChI is InChI=1S/C9H6ClIS/c1-5-4-12-9-6(5)2-3-7(10)8(9)11/h2-4H,1H3. The van der Waals surface area contributed by atoms with Crippen molar-refractivity contribution in [3.63, 3.8) is 0 Å². The van der Waals surface area contributed by atoms with Crippen LogP contribution < -0.4 is 0 Å². The maximum Gasteiger partial charge on any atom is 0.0554 e. The van der Waals surface area contributed by atoms with Crippen molar-refractivity contribution in [3.05, 3.63) is 31.7 Å². The van der Waals surface area contributed by atoms with E-state index in [4.69, 9.17) is 11.6 Å². The van der Waals surface area contributed by atoms with Crippen LogP contribution in [0.1, 0.15) is 5.56 Å². The molecular weight excluding hydrogens is 303 g/mol. The Kier molecular flexibility index (Phi) is 2.31. The molecule has 1 heterocycles. The Bertz CT molecular complexity index is 433. The summed E-state index contributed by atoms with van der Waals surface area (Å²) in [5, 5.41) is 4.35. The summed E-state index contributed by atoms with van der Waals surface area (Å²) in [4.78, 5) is 0. The normalized spacial score (nSPS) is 10.9. The molecule has 0 radical (unpaired) electrons. The van der Waals surface area contributed by atoms with Gasteiger partial charge < -0.3 is 0 Å². The first-order valence-corrected chi connectivity index (χ1v) is 5.85. The van der Waals surface area contributed by atoms with Gasteiger partial charge in [0.1, 0.15) is 0 Å². The maximum absolute atomic E-state index is 6.00. The average Bonchev–Trinajstić information content (AvgIpc) is 2.41. The minimum atomic E-state index is 0.852. The Morgan fingerprint density at radius 1 is 1.42 bits per heavy atom. The van der Waals surface area contributed by atoms with Gasteiger partial charge in [-0.15, -0.1) is 11.3 Å². The van der Waals surface area contributed by atoms with Crippen molar-refractivity contribution in [1.29, 1.82) is 0 Å². The summed E-state index contributed by atoms with van der Waals surface area (Å²) in [6.07, 6.45) is 0. The molecular formula is C9H6ClIS. The SMILES string of the molecule is Cc1csc2c(I)c(Cl)ccc12. The molecule has 62 valence electrons. The van der Waals surface area contributed by atoms with Gasteiger partial charge in [-0.25, -0.2) is 0 Å². The van der Waals surface area contributed by atoms with Gasteiger partial charge in [-0.2, -0.15) is 0 Å². The van der Waals surface area contributed by atoms with Crippen molar-refractivity contribution < 1.29 is 0 Å². The Morgan fingerprint density at radius 2 is 2.17 bits per heavy atom. The minimum Gasteiger partial charge on any atom is -0.142 e. The second kappa shape index (κ2) is 3.16. The molecule has 0 spiro atoms. The zero-order valence-corrected chi connectivity index (χ0v) is 10.1. The Hall–Kier alpha value is 0.200. The van der Waals surface area contributed by atoms with Crippen LogP contribution in [0.5, 0.6) is 0 Å². The van der Waals surface area contributed by atoms with Crippen molar-refractivity contribution >= 4 is 55.6 Å². The summed E-state index contributed by atoms with van der Waals surface area (Å²) in [5.41, 5.74) is 1.34. The Balaban J connectivity index is 2.93. The van der Waals surface area contributed by atoms with E-state index in [-0.39, 0.29) is 0 Å². The summed E-state index contributed by atoms with van der Waals surface area (Å²) in [6, 6.07) is 4.05. The Labute approximate surface area is 93.7 Å². The van der Waals surface area contributed by atoms with E-state index in [9.17, 15) is 0 Å². The number of rotatable bonds is 0. The number of thiophene rings is 1. The fourth-order valence-corrected chi connectivity index (χ4v) is 3.22.